The second kappa shape index (κ2) is 5.17. The Bertz CT molecular complexity index is 270. The van der Waals surface area contributed by atoms with Gasteiger partial charge in [0.05, 0.1) is 0 Å². The van der Waals surface area contributed by atoms with Crippen molar-refractivity contribution < 1.29 is 0 Å². The monoisotopic (exact) mass is 250 g/mol. The summed E-state index contributed by atoms with van der Waals surface area (Å²) in [6, 6.07) is 0. The highest BCUT2D eigenvalue weighted by Crippen LogP contribution is 2.62. The molecule has 0 radical (unpaired) electrons. The third-order valence-corrected chi connectivity index (χ3v) is 7.07. The molecule has 18 heavy (non-hydrogen) atoms. The summed E-state index contributed by atoms with van der Waals surface area (Å²) in [6.45, 7) is 14.9. The van der Waals surface area contributed by atoms with Gasteiger partial charge in [-0.2, -0.15) is 0 Å². The molecule has 0 heterocycles. The topological polar surface area (TPSA) is 0 Å². The second-order valence-corrected chi connectivity index (χ2v) is 7.96. The average molecular weight is 250 g/mol. The quantitative estimate of drug-likeness (QED) is 0.594. The Kier molecular flexibility index (Phi) is 4.14. The molecule has 2 fully saturated rings. The minimum atomic E-state index is 0.669. The van der Waals surface area contributed by atoms with Gasteiger partial charge in [-0.1, -0.05) is 54.4 Å². The van der Waals surface area contributed by atoms with Crippen molar-refractivity contribution in [2.24, 2.45) is 40.9 Å². The van der Waals surface area contributed by atoms with Crippen LogP contribution in [0, 0.1) is 40.9 Å². The molecule has 0 spiro atoms. The van der Waals surface area contributed by atoms with E-state index < -0.39 is 0 Å². The molecule has 2 rings (SSSR count). The van der Waals surface area contributed by atoms with Crippen molar-refractivity contribution in [3.05, 3.63) is 0 Å². The van der Waals surface area contributed by atoms with Crippen LogP contribution in [-0.4, -0.2) is 0 Å². The van der Waals surface area contributed by atoms with Crippen molar-refractivity contribution in [1.29, 1.82) is 0 Å². The van der Waals surface area contributed by atoms with Gasteiger partial charge in [0.2, 0.25) is 0 Å². The lowest BCUT2D eigenvalue weighted by Crippen LogP contribution is -2.35. The number of fused-ring (bicyclic) bond motifs is 2. The Morgan fingerprint density at radius 2 is 1.56 bits per heavy atom. The van der Waals surface area contributed by atoms with E-state index >= 15 is 0 Å². The highest BCUT2D eigenvalue weighted by molar-refractivity contribution is 5.03. The largest absolute Gasteiger partial charge is 0.0651 e. The van der Waals surface area contributed by atoms with E-state index in [0.29, 0.717) is 5.41 Å². The first-order chi connectivity index (χ1) is 8.42. The van der Waals surface area contributed by atoms with Crippen LogP contribution in [0.5, 0.6) is 0 Å². The standard InChI is InChI=1S/C18H34/c1-7-12(3)15-9-14(5)18(6)10-16(13(4)8-2)17(15)11-18/h12-17H,7-11H2,1-6H3. The van der Waals surface area contributed by atoms with Gasteiger partial charge in [0.1, 0.15) is 0 Å². The van der Waals surface area contributed by atoms with Crippen molar-refractivity contribution in [3.63, 3.8) is 0 Å². The maximum Gasteiger partial charge on any atom is -0.0294 e. The zero-order valence-corrected chi connectivity index (χ0v) is 13.5. The average Bonchev–Trinajstić information content (AvgIpc) is 2.68. The summed E-state index contributed by atoms with van der Waals surface area (Å²) in [5.74, 6) is 5.89. The van der Waals surface area contributed by atoms with Crippen LogP contribution in [0.4, 0.5) is 0 Å². The van der Waals surface area contributed by atoms with Gasteiger partial charge in [-0.25, -0.2) is 0 Å². The maximum absolute atomic E-state index is 2.58. The van der Waals surface area contributed by atoms with E-state index in [1.54, 1.807) is 0 Å². The van der Waals surface area contributed by atoms with E-state index in [1.807, 2.05) is 0 Å². The van der Waals surface area contributed by atoms with Crippen LogP contribution in [0.15, 0.2) is 0 Å². The summed E-state index contributed by atoms with van der Waals surface area (Å²) >= 11 is 0. The first-order valence-electron chi connectivity index (χ1n) is 8.42. The fraction of sp³-hybridized carbons (Fsp3) is 1.00. The maximum atomic E-state index is 2.58. The van der Waals surface area contributed by atoms with Crippen molar-refractivity contribution in [2.45, 2.75) is 73.6 Å². The van der Waals surface area contributed by atoms with Crippen molar-refractivity contribution in [3.8, 4) is 0 Å². The highest BCUT2D eigenvalue weighted by atomic mass is 14.6. The van der Waals surface area contributed by atoms with E-state index in [4.69, 9.17) is 0 Å². The third kappa shape index (κ3) is 2.25. The molecule has 0 amide bonds. The van der Waals surface area contributed by atoms with Crippen LogP contribution in [0.1, 0.15) is 73.6 Å². The molecule has 2 aliphatic rings. The Balaban J connectivity index is 2.22. The highest BCUT2D eigenvalue weighted by Gasteiger charge is 2.53. The first-order valence-corrected chi connectivity index (χ1v) is 8.42. The molecule has 0 N–H and O–H groups in total. The molecule has 0 heteroatoms. The Morgan fingerprint density at radius 3 is 2.11 bits per heavy atom. The van der Waals surface area contributed by atoms with Crippen LogP contribution < -0.4 is 0 Å². The SMILES string of the molecule is CCC(C)C1CC(C)C2(C)CC(C(C)CC)C1C2. The van der Waals surface area contributed by atoms with Gasteiger partial charge in [0, 0.05) is 0 Å². The summed E-state index contributed by atoms with van der Waals surface area (Å²) in [7, 11) is 0. The second-order valence-electron chi connectivity index (χ2n) is 7.96. The number of rotatable bonds is 4. The van der Waals surface area contributed by atoms with Crippen LogP contribution in [0.3, 0.4) is 0 Å². The van der Waals surface area contributed by atoms with E-state index in [-0.39, 0.29) is 0 Å². The molecular formula is C18H34. The van der Waals surface area contributed by atoms with Crippen LogP contribution in [0.2, 0.25) is 0 Å². The van der Waals surface area contributed by atoms with Gasteiger partial charge in [0.15, 0.2) is 0 Å². The molecule has 106 valence electrons. The van der Waals surface area contributed by atoms with E-state index in [9.17, 15) is 0 Å². The third-order valence-electron chi connectivity index (χ3n) is 7.07. The lowest BCUT2D eigenvalue weighted by Gasteiger charge is -2.43. The lowest BCUT2D eigenvalue weighted by atomic mass is 9.62. The van der Waals surface area contributed by atoms with Crippen LogP contribution >= 0.6 is 0 Å². The fourth-order valence-corrected chi connectivity index (χ4v) is 5.08. The minimum Gasteiger partial charge on any atom is -0.0651 e. The molecule has 0 aromatic carbocycles. The predicted octanol–water partition coefficient (Wildman–Crippen LogP) is 5.77. The molecule has 7 atom stereocenters. The van der Waals surface area contributed by atoms with Crippen molar-refractivity contribution in [1.82, 2.24) is 0 Å². The Hall–Kier alpha value is 0. The summed E-state index contributed by atoms with van der Waals surface area (Å²) in [4.78, 5) is 0. The van der Waals surface area contributed by atoms with E-state index in [1.165, 1.54) is 32.1 Å². The van der Waals surface area contributed by atoms with E-state index in [0.717, 1.165) is 35.5 Å². The summed E-state index contributed by atoms with van der Waals surface area (Å²) < 4.78 is 0. The number of hydrogen-bond acceptors (Lipinski definition) is 0. The van der Waals surface area contributed by atoms with Gasteiger partial charge in [0.25, 0.3) is 0 Å². The smallest absolute Gasteiger partial charge is 0.0294 e. The van der Waals surface area contributed by atoms with Crippen molar-refractivity contribution in [2.75, 3.05) is 0 Å². The van der Waals surface area contributed by atoms with E-state index in [2.05, 4.69) is 41.5 Å². The molecular weight excluding hydrogens is 216 g/mol. The van der Waals surface area contributed by atoms with Gasteiger partial charge in [-0.05, 0) is 60.2 Å². The molecule has 0 aromatic rings. The zero-order valence-electron chi connectivity index (χ0n) is 13.5. The van der Waals surface area contributed by atoms with Gasteiger partial charge in [-0.15, -0.1) is 0 Å². The van der Waals surface area contributed by atoms with Crippen LogP contribution in [-0.2, 0) is 0 Å². The molecule has 7 unspecified atom stereocenters. The summed E-state index contributed by atoms with van der Waals surface area (Å²) in [5, 5.41) is 0. The summed E-state index contributed by atoms with van der Waals surface area (Å²) in [6.07, 6.45) is 7.29. The number of hydrogen-bond donors (Lipinski definition) is 0. The molecule has 0 saturated heterocycles. The summed E-state index contributed by atoms with van der Waals surface area (Å²) in [5.41, 5.74) is 0.669. The normalized spacial score (nSPS) is 47.0. The Labute approximate surface area is 115 Å². The first kappa shape index (κ1) is 14.4. The van der Waals surface area contributed by atoms with Gasteiger partial charge >= 0.3 is 0 Å². The molecule has 0 aromatic heterocycles. The minimum absolute atomic E-state index is 0.669. The van der Waals surface area contributed by atoms with Gasteiger partial charge < -0.3 is 0 Å². The zero-order chi connectivity index (χ0) is 13.5. The molecule has 2 aliphatic carbocycles. The molecule has 2 bridgehead atoms. The van der Waals surface area contributed by atoms with Crippen molar-refractivity contribution >= 4 is 0 Å². The fourth-order valence-electron chi connectivity index (χ4n) is 5.08. The van der Waals surface area contributed by atoms with Gasteiger partial charge in [-0.3, -0.25) is 0 Å². The molecule has 0 nitrogen and oxygen atoms in total. The molecule has 0 aliphatic heterocycles. The molecule has 2 saturated carbocycles. The lowest BCUT2D eigenvalue weighted by molar-refractivity contribution is 0.0640. The van der Waals surface area contributed by atoms with Crippen LogP contribution in [0.25, 0.3) is 0 Å². The predicted molar refractivity (Wildman–Crippen MR) is 80.5 cm³/mol. The Morgan fingerprint density at radius 1 is 1.00 bits per heavy atom.